The van der Waals surface area contributed by atoms with Gasteiger partial charge in [-0.05, 0) is 55.4 Å². The van der Waals surface area contributed by atoms with E-state index >= 15 is 0 Å². The van der Waals surface area contributed by atoms with Crippen LogP contribution in [0.3, 0.4) is 0 Å². The number of amides is 1. The molecule has 0 saturated heterocycles. The molecule has 1 aromatic rings. The van der Waals surface area contributed by atoms with Crippen molar-refractivity contribution in [3.63, 3.8) is 0 Å². The summed E-state index contributed by atoms with van der Waals surface area (Å²) in [6.45, 7) is -2.83. The van der Waals surface area contributed by atoms with Crippen LogP contribution in [0.5, 0.6) is 5.75 Å². The Morgan fingerprint density at radius 2 is 2.04 bits per heavy atom. The van der Waals surface area contributed by atoms with Crippen molar-refractivity contribution in [3.8, 4) is 5.75 Å². The van der Waals surface area contributed by atoms with Crippen molar-refractivity contribution in [1.82, 2.24) is 5.32 Å². The van der Waals surface area contributed by atoms with E-state index in [-0.39, 0.29) is 17.7 Å². The van der Waals surface area contributed by atoms with E-state index < -0.39 is 12.2 Å². The zero-order valence-electron chi connectivity index (χ0n) is 13.0. The van der Waals surface area contributed by atoms with E-state index in [1.165, 1.54) is 6.07 Å². The SMILES string of the molecule is NC1(C(=O)NC2CCCc3cc(OC(F)F)ccc32)CCCC1. The first-order valence-corrected chi connectivity index (χ1v) is 8.15. The average Bonchev–Trinajstić information content (AvgIpc) is 2.95. The molecule has 4 nitrogen and oxygen atoms in total. The van der Waals surface area contributed by atoms with Gasteiger partial charge in [0.25, 0.3) is 0 Å². The number of hydrogen-bond acceptors (Lipinski definition) is 3. The maximum atomic E-state index is 12.5. The minimum Gasteiger partial charge on any atom is -0.435 e. The standard InChI is InChI=1S/C17H22F2N2O2/c18-16(19)23-12-6-7-13-11(10-12)4-3-5-14(13)21-15(22)17(20)8-1-2-9-17/h6-7,10,14,16H,1-5,8-9,20H2,(H,21,22). The van der Waals surface area contributed by atoms with Crippen LogP contribution in [-0.2, 0) is 11.2 Å². The maximum absolute atomic E-state index is 12.5. The van der Waals surface area contributed by atoms with Crippen LogP contribution in [0.2, 0.25) is 0 Å². The number of alkyl halides is 2. The second-order valence-corrected chi connectivity index (χ2v) is 6.52. The summed E-state index contributed by atoms with van der Waals surface area (Å²) < 4.78 is 29.1. The van der Waals surface area contributed by atoms with Crippen molar-refractivity contribution in [3.05, 3.63) is 29.3 Å². The Kier molecular flexibility index (Phi) is 4.53. The van der Waals surface area contributed by atoms with E-state index in [1.54, 1.807) is 12.1 Å². The summed E-state index contributed by atoms with van der Waals surface area (Å²) in [4.78, 5) is 12.5. The predicted octanol–water partition coefficient (Wildman–Crippen LogP) is 3.05. The van der Waals surface area contributed by atoms with Gasteiger partial charge in [-0.25, -0.2) is 0 Å². The summed E-state index contributed by atoms with van der Waals surface area (Å²) in [5.74, 6) is 0.0672. The van der Waals surface area contributed by atoms with Gasteiger partial charge in [0.1, 0.15) is 5.75 Å². The van der Waals surface area contributed by atoms with Crippen molar-refractivity contribution in [2.45, 2.75) is 63.1 Å². The second kappa shape index (κ2) is 6.43. The third kappa shape index (κ3) is 3.47. The molecule has 2 aliphatic rings. The first-order valence-electron chi connectivity index (χ1n) is 8.15. The summed E-state index contributed by atoms with van der Waals surface area (Å²) in [5, 5.41) is 3.06. The number of carbonyl (C=O) groups excluding carboxylic acids is 1. The molecule has 23 heavy (non-hydrogen) atoms. The lowest BCUT2D eigenvalue weighted by atomic mass is 9.86. The van der Waals surface area contributed by atoms with Gasteiger partial charge in [0.05, 0.1) is 11.6 Å². The molecule has 3 rings (SSSR count). The molecular weight excluding hydrogens is 302 g/mol. The molecule has 0 heterocycles. The molecule has 0 radical (unpaired) electrons. The summed E-state index contributed by atoms with van der Waals surface area (Å²) in [6, 6.07) is 4.85. The highest BCUT2D eigenvalue weighted by atomic mass is 19.3. The number of ether oxygens (including phenoxy) is 1. The van der Waals surface area contributed by atoms with E-state index in [4.69, 9.17) is 5.73 Å². The number of nitrogens with two attached hydrogens (primary N) is 1. The molecule has 1 amide bonds. The number of nitrogens with one attached hydrogen (secondary N) is 1. The molecule has 0 aliphatic heterocycles. The number of carbonyl (C=O) groups is 1. The molecule has 6 heteroatoms. The van der Waals surface area contributed by atoms with Crippen molar-refractivity contribution in [2.24, 2.45) is 5.73 Å². The molecule has 1 fully saturated rings. The van der Waals surface area contributed by atoms with Gasteiger partial charge in [-0.1, -0.05) is 18.9 Å². The fourth-order valence-corrected chi connectivity index (χ4v) is 3.65. The Morgan fingerprint density at radius 1 is 1.30 bits per heavy atom. The summed E-state index contributed by atoms with van der Waals surface area (Å²) >= 11 is 0. The Labute approximate surface area is 134 Å². The van der Waals surface area contributed by atoms with Crippen molar-refractivity contribution in [1.29, 1.82) is 0 Å². The van der Waals surface area contributed by atoms with Crippen LogP contribution < -0.4 is 15.8 Å². The highest BCUT2D eigenvalue weighted by Crippen LogP contribution is 2.34. The molecule has 1 aromatic carbocycles. The van der Waals surface area contributed by atoms with Gasteiger partial charge in [0.15, 0.2) is 0 Å². The van der Waals surface area contributed by atoms with Crippen LogP contribution in [0.4, 0.5) is 8.78 Å². The number of fused-ring (bicyclic) bond motifs is 1. The van der Waals surface area contributed by atoms with Gasteiger partial charge in [-0.2, -0.15) is 8.78 Å². The van der Waals surface area contributed by atoms with Gasteiger partial charge < -0.3 is 15.8 Å². The molecule has 0 spiro atoms. The maximum Gasteiger partial charge on any atom is 0.387 e. The van der Waals surface area contributed by atoms with E-state index in [0.29, 0.717) is 0 Å². The van der Waals surface area contributed by atoms with Gasteiger partial charge in [-0.3, -0.25) is 4.79 Å². The number of aryl methyl sites for hydroxylation is 1. The summed E-state index contributed by atoms with van der Waals surface area (Å²) in [5.41, 5.74) is 7.38. The topological polar surface area (TPSA) is 64.4 Å². The van der Waals surface area contributed by atoms with Crippen LogP contribution in [0.25, 0.3) is 0 Å². The Balaban J connectivity index is 1.75. The number of benzene rings is 1. The molecular formula is C17H22F2N2O2. The Hall–Kier alpha value is -1.69. The zero-order valence-corrected chi connectivity index (χ0v) is 13.0. The number of rotatable bonds is 4. The summed E-state index contributed by atoms with van der Waals surface area (Å²) in [6.07, 6.45) is 5.95. The van der Waals surface area contributed by atoms with Gasteiger partial charge in [0, 0.05) is 0 Å². The Bertz CT molecular complexity index is 586. The minimum absolute atomic E-state index is 0.0965. The van der Waals surface area contributed by atoms with Gasteiger partial charge >= 0.3 is 6.61 Å². The number of hydrogen-bond donors (Lipinski definition) is 2. The molecule has 1 atom stereocenters. The lowest BCUT2D eigenvalue weighted by molar-refractivity contribution is -0.127. The van der Waals surface area contributed by atoms with Gasteiger partial charge in [-0.15, -0.1) is 0 Å². The van der Waals surface area contributed by atoms with Gasteiger partial charge in [0.2, 0.25) is 5.91 Å². The van der Waals surface area contributed by atoms with E-state index in [1.807, 2.05) is 0 Å². The van der Waals surface area contributed by atoms with Crippen molar-refractivity contribution < 1.29 is 18.3 Å². The molecule has 1 unspecified atom stereocenters. The highest BCUT2D eigenvalue weighted by molar-refractivity contribution is 5.86. The monoisotopic (exact) mass is 324 g/mol. The van der Waals surface area contributed by atoms with E-state index in [2.05, 4.69) is 10.1 Å². The van der Waals surface area contributed by atoms with E-state index in [0.717, 1.165) is 56.1 Å². The molecule has 126 valence electrons. The minimum atomic E-state index is -2.83. The average molecular weight is 324 g/mol. The molecule has 2 aliphatic carbocycles. The van der Waals surface area contributed by atoms with Crippen LogP contribution in [-0.4, -0.2) is 18.1 Å². The predicted molar refractivity (Wildman–Crippen MR) is 82.3 cm³/mol. The third-order valence-electron chi connectivity index (χ3n) is 4.91. The first kappa shape index (κ1) is 16.2. The third-order valence-corrected chi connectivity index (χ3v) is 4.91. The first-order chi connectivity index (χ1) is 11.0. The lowest BCUT2D eigenvalue weighted by Gasteiger charge is -2.30. The van der Waals surface area contributed by atoms with Crippen LogP contribution in [0.1, 0.15) is 55.7 Å². The van der Waals surface area contributed by atoms with Crippen LogP contribution in [0.15, 0.2) is 18.2 Å². The van der Waals surface area contributed by atoms with E-state index in [9.17, 15) is 13.6 Å². The summed E-state index contributed by atoms with van der Waals surface area (Å²) in [7, 11) is 0. The smallest absolute Gasteiger partial charge is 0.387 e. The fraction of sp³-hybridized carbons (Fsp3) is 0.588. The van der Waals surface area contributed by atoms with Crippen LogP contribution >= 0.6 is 0 Å². The normalized spacial score (nSPS) is 22.7. The number of halogens is 2. The highest BCUT2D eigenvalue weighted by Gasteiger charge is 2.38. The molecule has 0 bridgehead atoms. The molecule has 0 aromatic heterocycles. The van der Waals surface area contributed by atoms with Crippen LogP contribution in [0, 0.1) is 0 Å². The molecule has 1 saturated carbocycles. The second-order valence-electron chi connectivity index (χ2n) is 6.52. The Morgan fingerprint density at radius 3 is 2.74 bits per heavy atom. The molecule has 3 N–H and O–H groups in total. The van der Waals surface area contributed by atoms with Crippen molar-refractivity contribution in [2.75, 3.05) is 0 Å². The lowest BCUT2D eigenvalue weighted by Crippen LogP contribution is -2.52. The largest absolute Gasteiger partial charge is 0.435 e. The zero-order chi connectivity index (χ0) is 16.4. The fourth-order valence-electron chi connectivity index (χ4n) is 3.65. The quantitative estimate of drug-likeness (QED) is 0.895. The van der Waals surface area contributed by atoms with Crippen molar-refractivity contribution >= 4 is 5.91 Å².